The van der Waals surface area contributed by atoms with Gasteiger partial charge in [-0.1, -0.05) is 0 Å². The first-order valence-corrected chi connectivity index (χ1v) is 7.09. The lowest BCUT2D eigenvalue weighted by atomic mass is 10.1. The lowest BCUT2D eigenvalue weighted by Crippen LogP contribution is -2.27. The van der Waals surface area contributed by atoms with Crippen molar-refractivity contribution in [1.29, 1.82) is 5.41 Å². The molecule has 0 aromatic heterocycles. The van der Waals surface area contributed by atoms with Crippen LogP contribution in [-0.2, 0) is 4.74 Å². The Morgan fingerprint density at radius 2 is 2.10 bits per heavy atom. The van der Waals surface area contributed by atoms with Gasteiger partial charge in [-0.3, -0.25) is 5.32 Å². The fraction of sp³-hybridized carbons (Fsp3) is 0.385. The Morgan fingerprint density at radius 3 is 2.55 bits per heavy atom. The van der Waals surface area contributed by atoms with Crippen molar-refractivity contribution in [3.63, 3.8) is 0 Å². The average molecular weight is 295 g/mol. The summed E-state index contributed by atoms with van der Waals surface area (Å²) in [5, 5.41) is 12.8. The van der Waals surface area contributed by atoms with Crippen LogP contribution in [0.2, 0.25) is 0 Å². The number of anilines is 1. The molecule has 0 atom stereocenters. The van der Waals surface area contributed by atoms with Gasteiger partial charge in [-0.25, -0.2) is 4.79 Å². The number of carbonyl (C=O) groups excluding carboxylic acids is 1. The van der Waals surface area contributed by atoms with Crippen LogP contribution < -0.4 is 5.32 Å². The Morgan fingerprint density at radius 1 is 1.45 bits per heavy atom. The van der Waals surface area contributed by atoms with E-state index in [9.17, 15) is 9.70 Å². The molecule has 0 spiro atoms. The SMILES string of the molecule is CSc1cc(NC(=O)OC(C)(C)C)c(C=N)cc1N=O. The van der Waals surface area contributed by atoms with E-state index in [0.29, 0.717) is 16.1 Å². The minimum absolute atomic E-state index is 0.241. The van der Waals surface area contributed by atoms with Crippen molar-refractivity contribution in [3.8, 4) is 0 Å². The molecule has 1 rings (SSSR count). The summed E-state index contributed by atoms with van der Waals surface area (Å²) >= 11 is 1.33. The molecule has 20 heavy (non-hydrogen) atoms. The Labute approximate surface area is 121 Å². The third-order valence-electron chi connectivity index (χ3n) is 2.24. The minimum Gasteiger partial charge on any atom is -0.444 e. The van der Waals surface area contributed by atoms with Crippen LogP contribution in [0.3, 0.4) is 0 Å². The summed E-state index contributed by atoms with van der Waals surface area (Å²) in [6.45, 7) is 5.28. The van der Waals surface area contributed by atoms with Crippen molar-refractivity contribution in [1.82, 2.24) is 0 Å². The summed E-state index contributed by atoms with van der Waals surface area (Å²) in [6, 6.07) is 3.06. The second kappa shape index (κ2) is 6.51. The Hall–Kier alpha value is -1.89. The first-order valence-electron chi connectivity index (χ1n) is 5.86. The maximum absolute atomic E-state index is 11.7. The number of carbonyl (C=O) groups is 1. The van der Waals surface area contributed by atoms with Crippen molar-refractivity contribution in [2.24, 2.45) is 5.18 Å². The summed E-state index contributed by atoms with van der Waals surface area (Å²) < 4.78 is 5.15. The van der Waals surface area contributed by atoms with Crippen LogP contribution in [0.15, 0.2) is 22.2 Å². The Kier molecular flexibility index (Phi) is 5.26. The normalized spacial score (nSPS) is 10.8. The number of ether oxygens (including phenoxy) is 1. The fourth-order valence-electron chi connectivity index (χ4n) is 1.46. The largest absolute Gasteiger partial charge is 0.444 e. The van der Waals surface area contributed by atoms with E-state index in [0.717, 1.165) is 6.21 Å². The number of nitrogens with one attached hydrogen (secondary N) is 2. The molecule has 1 aromatic rings. The van der Waals surface area contributed by atoms with Crippen molar-refractivity contribution in [2.75, 3.05) is 11.6 Å². The second-order valence-corrected chi connectivity index (χ2v) is 5.82. The van der Waals surface area contributed by atoms with Gasteiger partial charge >= 0.3 is 6.09 Å². The molecule has 0 fully saturated rings. The molecule has 0 aliphatic rings. The Balaban J connectivity index is 3.08. The summed E-state index contributed by atoms with van der Waals surface area (Å²) in [4.78, 5) is 23.1. The molecule has 0 aliphatic heterocycles. The lowest BCUT2D eigenvalue weighted by Gasteiger charge is -2.20. The molecule has 108 valence electrons. The molecule has 0 heterocycles. The third-order valence-corrected chi connectivity index (χ3v) is 3.01. The highest BCUT2D eigenvalue weighted by Gasteiger charge is 2.18. The predicted molar refractivity (Wildman–Crippen MR) is 81.4 cm³/mol. The van der Waals surface area contributed by atoms with Crippen LogP contribution in [0, 0.1) is 10.3 Å². The highest BCUT2D eigenvalue weighted by Crippen LogP contribution is 2.33. The van der Waals surface area contributed by atoms with Gasteiger partial charge in [-0.15, -0.1) is 16.7 Å². The third kappa shape index (κ3) is 4.34. The summed E-state index contributed by atoms with van der Waals surface area (Å²) in [5.74, 6) is 0. The molecular formula is C13H17N3O3S. The molecule has 0 aliphatic carbocycles. The topological polar surface area (TPSA) is 91.6 Å². The van der Waals surface area contributed by atoms with E-state index in [1.807, 2.05) is 0 Å². The molecule has 1 aromatic carbocycles. The number of hydrogen-bond donors (Lipinski definition) is 2. The zero-order valence-electron chi connectivity index (χ0n) is 11.8. The molecule has 0 radical (unpaired) electrons. The first-order chi connectivity index (χ1) is 9.30. The summed E-state index contributed by atoms with van der Waals surface area (Å²) in [7, 11) is 0. The molecule has 0 bridgehead atoms. The van der Waals surface area contributed by atoms with Gasteiger partial charge in [0.2, 0.25) is 0 Å². The molecule has 2 N–H and O–H groups in total. The average Bonchev–Trinajstić information content (AvgIpc) is 2.35. The standard InChI is InChI=1S/C13H17N3O3S/c1-13(2,3)19-12(17)15-9-6-11(20-4)10(16-18)5-8(9)7-14/h5-7,14H,1-4H3,(H,15,17). The van der Waals surface area contributed by atoms with E-state index >= 15 is 0 Å². The molecule has 1 amide bonds. The van der Waals surface area contributed by atoms with Crippen LogP contribution in [0.5, 0.6) is 0 Å². The van der Waals surface area contributed by atoms with Crippen molar-refractivity contribution >= 4 is 35.4 Å². The molecule has 0 saturated carbocycles. The number of hydrogen-bond acceptors (Lipinski definition) is 6. The number of nitrogens with zero attached hydrogens (tertiary/aromatic N) is 1. The van der Waals surface area contributed by atoms with Gasteiger partial charge in [-0.05, 0) is 44.3 Å². The van der Waals surface area contributed by atoms with Gasteiger partial charge in [0.25, 0.3) is 0 Å². The van der Waals surface area contributed by atoms with E-state index in [-0.39, 0.29) is 5.69 Å². The quantitative estimate of drug-likeness (QED) is 0.496. The van der Waals surface area contributed by atoms with Crippen LogP contribution in [0.25, 0.3) is 0 Å². The molecular weight excluding hydrogens is 278 g/mol. The van der Waals surface area contributed by atoms with Crippen molar-refractivity contribution < 1.29 is 9.53 Å². The summed E-state index contributed by atoms with van der Waals surface area (Å²) in [6.07, 6.45) is 2.23. The van der Waals surface area contributed by atoms with Crippen LogP contribution >= 0.6 is 11.8 Å². The van der Waals surface area contributed by atoms with E-state index in [4.69, 9.17) is 10.1 Å². The van der Waals surface area contributed by atoms with E-state index in [2.05, 4.69) is 10.5 Å². The maximum atomic E-state index is 11.7. The predicted octanol–water partition coefficient (Wildman–Crippen LogP) is 4.15. The zero-order chi connectivity index (χ0) is 15.3. The second-order valence-electron chi connectivity index (χ2n) is 4.97. The number of rotatable bonds is 4. The smallest absolute Gasteiger partial charge is 0.412 e. The van der Waals surface area contributed by atoms with Gasteiger partial charge in [0.1, 0.15) is 11.3 Å². The maximum Gasteiger partial charge on any atom is 0.412 e. The van der Waals surface area contributed by atoms with E-state index in [1.54, 1.807) is 33.1 Å². The summed E-state index contributed by atoms with van der Waals surface area (Å²) in [5.41, 5.74) is 0.432. The molecule has 7 heteroatoms. The minimum atomic E-state index is -0.612. The van der Waals surface area contributed by atoms with Crippen molar-refractivity contribution in [2.45, 2.75) is 31.3 Å². The van der Waals surface area contributed by atoms with E-state index in [1.165, 1.54) is 17.8 Å². The van der Waals surface area contributed by atoms with Crippen LogP contribution in [-0.4, -0.2) is 24.2 Å². The van der Waals surface area contributed by atoms with Gasteiger partial charge in [0, 0.05) is 16.7 Å². The molecule has 0 unspecified atom stereocenters. The molecule has 0 saturated heterocycles. The number of thioether (sulfide) groups is 1. The van der Waals surface area contributed by atoms with Gasteiger partial charge in [0.15, 0.2) is 0 Å². The number of nitroso groups, excluding NO2 is 1. The van der Waals surface area contributed by atoms with Crippen LogP contribution in [0.1, 0.15) is 26.3 Å². The van der Waals surface area contributed by atoms with Gasteiger partial charge in [-0.2, -0.15) is 0 Å². The zero-order valence-corrected chi connectivity index (χ0v) is 12.6. The van der Waals surface area contributed by atoms with Crippen LogP contribution in [0.4, 0.5) is 16.2 Å². The highest BCUT2D eigenvalue weighted by atomic mass is 32.2. The number of benzene rings is 1. The van der Waals surface area contributed by atoms with Crippen molar-refractivity contribution in [3.05, 3.63) is 22.6 Å². The van der Waals surface area contributed by atoms with Gasteiger partial charge in [0.05, 0.1) is 5.69 Å². The highest BCUT2D eigenvalue weighted by molar-refractivity contribution is 7.98. The first kappa shape index (κ1) is 16.2. The fourth-order valence-corrected chi connectivity index (χ4v) is 2.00. The molecule has 6 nitrogen and oxygen atoms in total. The van der Waals surface area contributed by atoms with Gasteiger partial charge < -0.3 is 10.1 Å². The van der Waals surface area contributed by atoms with E-state index < -0.39 is 11.7 Å². The lowest BCUT2D eigenvalue weighted by molar-refractivity contribution is 0.0636. The monoisotopic (exact) mass is 295 g/mol. The Bertz CT molecular complexity index is 538. The number of amides is 1.